The topological polar surface area (TPSA) is 95.4 Å². The number of carbonyl (C=O) groups is 1. The number of carboxylic acids is 1. The number of aromatic carboxylic acids is 1. The van der Waals surface area contributed by atoms with E-state index in [4.69, 9.17) is 16.3 Å². The number of rotatable bonds is 4. The van der Waals surface area contributed by atoms with Gasteiger partial charge in [0.1, 0.15) is 5.75 Å². The largest absolute Gasteiger partial charge is 0.505 e. The fourth-order valence-corrected chi connectivity index (χ4v) is 3.85. The fourth-order valence-electron chi connectivity index (χ4n) is 3.56. The molecule has 1 aliphatic rings. The maximum absolute atomic E-state index is 13.9. The minimum absolute atomic E-state index is 0.0282. The molecule has 1 heterocycles. The number of hydrogen-bond donors (Lipinski definition) is 3. The summed E-state index contributed by atoms with van der Waals surface area (Å²) < 4.78 is 19.6. The lowest BCUT2D eigenvalue weighted by Gasteiger charge is -2.15. The highest BCUT2D eigenvalue weighted by atomic mass is 35.5. The van der Waals surface area contributed by atoms with Crippen LogP contribution in [0.3, 0.4) is 0 Å². The minimum Gasteiger partial charge on any atom is -0.505 e. The number of carboxylic acid groups (broad SMARTS) is 1. The Labute approximate surface area is 188 Å². The number of H-pyrrole nitrogens is 1. The number of aromatic hydroxyl groups is 1. The first-order valence-electron chi connectivity index (χ1n) is 9.91. The number of nitrogens with one attached hydrogen (secondary N) is 1. The van der Waals surface area contributed by atoms with Gasteiger partial charge < -0.3 is 19.9 Å². The molecule has 0 fully saturated rings. The lowest BCUT2D eigenvalue weighted by molar-refractivity contribution is 0.0695. The van der Waals surface area contributed by atoms with E-state index in [1.54, 1.807) is 31.2 Å². The van der Waals surface area contributed by atoms with E-state index in [0.717, 1.165) is 5.69 Å². The van der Waals surface area contributed by atoms with Crippen molar-refractivity contribution in [2.75, 3.05) is 0 Å². The summed E-state index contributed by atoms with van der Waals surface area (Å²) in [5.74, 6) is -1.81. The molecule has 32 heavy (non-hydrogen) atoms. The van der Waals surface area contributed by atoms with E-state index in [1.807, 2.05) is 13.0 Å². The summed E-state index contributed by atoms with van der Waals surface area (Å²) in [4.78, 5) is 19.0. The van der Waals surface area contributed by atoms with Crippen LogP contribution in [0.15, 0.2) is 47.5 Å². The van der Waals surface area contributed by atoms with Crippen LogP contribution in [0.5, 0.6) is 17.5 Å². The van der Waals surface area contributed by atoms with Crippen LogP contribution in [-0.2, 0) is 0 Å². The van der Waals surface area contributed by atoms with Gasteiger partial charge >= 0.3 is 5.97 Å². The Hall–Kier alpha value is -3.58. The lowest BCUT2D eigenvalue weighted by atomic mass is 9.94. The van der Waals surface area contributed by atoms with Gasteiger partial charge in [-0.3, -0.25) is 0 Å². The summed E-state index contributed by atoms with van der Waals surface area (Å²) in [7, 11) is 0. The third kappa shape index (κ3) is 4.24. The number of aromatic nitrogens is 2. The number of imidazole rings is 1. The first kappa shape index (κ1) is 21.6. The number of aromatic amines is 1. The van der Waals surface area contributed by atoms with Gasteiger partial charge in [-0.05, 0) is 60.4 Å². The number of phenolic OH excluding ortho intramolecular Hbond substituents is 1. The van der Waals surface area contributed by atoms with Gasteiger partial charge in [0, 0.05) is 11.6 Å². The van der Waals surface area contributed by atoms with Crippen LogP contribution in [-0.4, -0.2) is 26.2 Å². The monoisotopic (exact) mass is 454 g/mol. The van der Waals surface area contributed by atoms with E-state index in [9.17, 15) is 19.4 Å². The summed E-state index contributed by atoms with van der Waals surface area (Å²) in [6.45, 7) is 3.72. The van der Waals surface area contributed by atoms with E-state index < -0.39 is 17.5 Å². The number of phenols is 1. The van der Waals surface area contributed by atoms with E-state index in [0.29, 0.717) is 39.6 Å². The zero-order valence-electron chi connectivity index (χ0n) is 17.3. The second-order valence-corrected chi connectivity index (χ2v) is 8.05. The molecule has 2 aromatic carbocycles. The first-order chi connectivity index (χ1) is 15.2. The van der Waals surface area contributed by atoms with Crippen molar-refractivity contribution in [3.05, 3.63) is 81.4 Å². The van der Waals surface area contributed by atoms with Gasteiger partial charge in [-0.15, -0.1) is 0 Å². The second kappa shape index (κ2) is 8.51. The van der Waals surface area contributed by atoms with Crippen molar-refractivity contribution in [1.82, 2.24) is 9.97 Å². The van der Waals surface area contributed by atoms with Gasteiger partial charge in [-0.25, -0.2) is 9.18 Å². The quantitative estimate of drug-likeness (QED) is 0.434. The van der Waals surface area contributed by atoms with Crippen LogP contribution < -0.4 is 4.74 Å². The SMILES string of the molecule is Cc1ccc(Oc2nc3c([nH]2)C(C)CC=C(c2ccc(O)c(F)c2)C(Cl)=C3)cc1C(=O)O. The van der Waals surface area contributed by atoms with Crippen molar-refractivity contribution < 1.29 is 24.1 Å². The first-order valence-corrected chi connectivity index (χ1v) is 10.3. The molecule has 6 nitrogen and oxygen atoms in total. The van der Waals surface area contributed by atoms with E-state index in [2.05, 4.69) is 9.97 Å². The number of nitrogens with zero attached hydrogens (tertiary/aromatic N) is 1. The minimum atomic E-state index is -1.03. The Bertz CT molecular complexity index is 1280. The van der Waals surface area contributed by atoms with Crippen molar-refractivity contribution in [2.45, 2.75) is 26.2 Å². The van der Waals surface area contributed by atoms with Crippen LogP contribution in [0, 0.1) is 12.7 Å². The number of hydrogen-bond acceptors (Lipinski definition) is 4. The number of halogens is 2. The molecule has 8 heteroatoms. The summed E-state index contributed by atoms with van der Waals surface area (Å²) >= 11 is 6.55. The smallest absolute Gasteiger partial charge is 0.336 e. The van der Waals surface area contributed by atoms with Crippen LogP contribution in [0.1, 0.15) is 52.1 Å². The fraction of sp³-hybridized carbons (Fsp3) is 0.167. The molecule has 0 bridgehead atoms. The van der Waals surface area contributed by atoms with Gasteiger partial charge in [-0.2, -0.15) is 4.98 Å². The molecule has 4 rings (SSSR count). The number of fused-ring (bicyclic) bond motifs is 1. The number of benzene rings is 2. The average Bonchev–Trinajstić information content (AvgIpc) is 3.12. The van der Waals surface area contributed by atoms with Crippen LogP contribution in [0.4, 0.5) is 4.39 Å². The van der Waals surface area contributed by atoms with Gasteiger partial charge in [0.2, 0.25) is 0 Å². The molecule has 0 amide bonds. The molecular formula is C24H20ClFN2O4. The molecule has 0 saturated heterocycles. The molecule has 3 aromatic rings. The van der Waals surface area contributed by atoms with E-state index in [-0.39, 0.29) is 17.5 Å². The molecule has 1 aliphatic carbocycles. The highest BCUT2D eigenvalue weighted by Crippen LogP contribution is 2.37. The predicted octanol–water partition coefficient (Wildman–Crippen LogP) is 6.22. The molecule has 0 spiro atoms. The third-order valence-corrected chi connectivity index (χ3v) is 5.65. The van der Waals surface area contributed by atoms with E-state index in [1.165, 1.54) is 18.2 Å². The maximum Gasteiger partial charge on any atom is 0.336 e. The highest BCUT2D eigenvalue weighted by molar-refractivity contribution is 6.39. The summed E-state index contributed by atoms with van der Waals surface area (Å²) in [5, 5.41) is 19.2. The Morgan fingerprint density at radius 2 is 2.06 bits per heavy atom. The third-order valence-electron chi connectivity index (χ3n) is 5.34. The number of ether oxygens (including phenoxy) is 1. The second-order valence-electron chi connectivity index (χ2n) is 7.64. The average molecular weight is 455 g/mol. The summed E-state index contributed by atoms with van der Waals surface area (Å²) in [6, 6.07) is 9.13. The number of aryl methyl sites for hydroxylation is 1. The molecular weight excluding hydrogens is 435 g/mol. The van der Waals surface area contributed by atoms with Crippen molar-refractivity contribution in [2.24, 2.45) is 0 Å². The highest BCUT2D eigenvalue weighted by Gasteiger charge is 2.21. The van der Waals surface area contributed by atoms with Crippen LogP contribution in [0.25, 0.3) is 11.6 Å². The summed E-state index contributed by atoms with van der Waals surface area (Å²) in [5.41, 5.74) is 3.36. The molecule has 3 N–H and O–H groups in total. The molecule has 1 aromatic heterocycles. The molecule has 164 valence electrons. The molecule has 0 saturated carbocycles. The van der Waals surface area contributed by atoms with Gasteiger partial charge in [-0.1, -0.05) is 36.7 Å². The van der Waals surface area contributed by atoms with Crippen molar-refractivity contribution >= 4 is 29.2 Å². The number of allylic oxidation sites excluding steroid dienone is 3. The Morgan fingerprint density at radius 1 is 1.28 bits per heavy atom. The molecule has 1 unspecified atom stereocenters. The Balaban J connectivity index is 1.67. The maximum atomic E-state index is 13.9. The normalized spacial score (nSPS) is 15.8. The van der Waals surface area contributed by atoms with Crippen LogP contribution in [0.2, 0.25) is 0 Å². The lowest BCUT2D eigenvalue weighted by Crippen LogP contribution is -2.00. The Kier molecular flexibility index (Phi) is 5.76. The van der Waals surface area contributed by atoms with Gasteiger partial charge in [0.25, 0.3) is 6.01 Å². The standard InChI is InChI=1S/C24H20ClFN2O4/c1-12-3-6-15(10-17(12)23(30)31)32-24-27-20-11-18(25)16(7-4-13(2)22(20)28-24)14-5-8-21(29)19(26)9-14/h3,5-11,13,29H,4H2,1-2H3,(H,27,28)(H,30,31). The van der Waals surface area contributed by atoms with Crippen molar-refractivity contribution in [1.29, 1.82) is 0 Å². The van der Waals surface area contributed by atoms with Crippen molar-refractivity contribution in [3.63, 3.8) is 0 Å². The van der Waals surface area contributed by atoms with Crippen LogP contribution >= 0.6 is 11.6 Å². The van der Waals surface area contributed by atoms with Crippen molar-refractivity contribution in [3.8, 4) is 17.5 Å². The molecule has 0 aliphatic heterocycles. The van der Waals surface area contributed by atoms with Gasteiger partial charge in [0.05, 0.1) is 16.3 Å². The van der Waals surface area contributed by atoms with Gasteiger partial charge in [0.15, 0.2) is 11.6 Å². The van der Waals surface area contributed by atoms with E-state index >= 15 is 0 Å². The molecule has 0 radical (unpaired) electrons. The predicted molar refractivity (Wildman–Crippen MR) is 120 cm³/mol. The zero-order valence-corrected chi connectivity index (χ0v) is 18.1. The Morgan fingerprint density at radius 3 is 2.78 bits per heavy atom. The molecule has 1 atom stereocenters. The zero-order chi connectivity index (χ0) is 23.0. The summed E-state index contributed by atoms with van der Waals surface area (Å²) in [6.07, 6.45) is 4.19.